The van der Waals surface area contributed by atoms with E-state index in [1.165, 1.54) is 29.5 Å². The van der Waals surface area contributed by atoms with E-state index < -0.39 is 17.6 Å². The van der Waals surface area contributed by atoms with Gasteiger partial charge in [0.15, 0.2) is 10.8 Å². The summed E-state index contributed by atoms with van der Waals surface area (Å²) >= 11 is 1.17. The van der Waals surface area contributed by atoms with Gasteiger partial charge in [0.1, 0.15) is 5.00 Å². The van der Waals surface area contributed by atoms with Gasteiger partial charge >= 0.3 is 6.18 Å². The third kappa shape index (κ3) is 4.07. The quantitative estimate of drug-likeness (QED) is 0.844. The fourth-order valence-electron chi connectivity index (χ4n) is 2.58. The molecule has 0 bridgehead atoms. The van der Waals surface area contributed by atoms with E-state index in [1.807, 2.05) is 4.90 Å². The standard InChI is InChI=1S/C16H17F3N4O2S/c17-16(18,19)11-4-2-1-3-10(11)9-21-14(24)12-13(20)26-15(22-12)23-5-7-25-8-6-23/h1-4H,5-9,20H2,(H,21,24). The second kappa shape index (κ2) is 7.50. The van der Waals surface area contributed by atoms with Crippen molar-refractivity contribution < 1.29 is 22.7 Å². The van der Waals surface area contributed by atoms with Crippen LogP contribution in [0.2, 0.25) is 0 Å². The van der Waals surface area contributed by atoms with E-state index in [9.17, 15) is 18.0 Å². The molecule has 0 aliphatic carbocycles. The van der Waals surface area contributed by atoms with Gasteiger partial charge in [0, 0.05) is 19.6 Å². The van der Waals surface area contributed by atoms with Gasteiger partial charge in [-0.15, -0.1) is 0 Å². The van der Waals surface area contributed by atoms with Crippen molar-refractivity contribution in [2.24, 2.45) is 0 Å². The first kappa shape index (κ1) is 18.5. The highest BCUT2D eigenvalue weighted by Crippen LogP contribution is 2.32. The Morgan fingerprint density at radius 3 is 2.69 bits per heavy atom. The number of hydrogen-bond acceptors (Lipinski definition) is 6. The van der Waals surface area contributed by atoms with Crippen molar-refractivity contribution in [3.05, 3.63) is 41.1 Å². The number of carbonyl (C=O) groups excluding carboxylic acids is 1. The van der Waals surface area contributed by atoms with Gasteiger partial charge in [-0.3, -0.25) is 4.79 Å². The van der Waals surface area contributed by atoms with E-state index in [0.717, 1.165) is 6.07 Å². The summed E-state index contributed by atoms with van der Waals surface area (Å²) in [6.45, 7) is 2.16. The molecule has 1 aliphatic heterocycles. The number of benzene rings is 1. The number of aromatic nitrogens is 1. The highest BCUT2D eigenvalue weighted by atomic mass is 32.1. The molecule has 1 aliphatic rings. The predicted octanol–water partition coefficient (Wildman–Crippen LogP) is 2.51. The van der Waals surface area contributed by atoms with Gasteiger partial charge in [-0.2, -0.15) is 13.2 Å². The minimum Gasteiger partial charge on any atom is -0.389 e. The van der Waals surface area contributed by atoms with E-state index in [-0.39, 0.29) is 22.8 Å². The lowest BCUT2D eigenvalue weighted by molar-refractivity contribution is -0.138. The minimum atomic E-state index is -4.48. The molecule has 3 rings (SSSR count). The number of nitrogens with zero attached hydrogens (tertiary/aromatic N) is 2. The number of rotatable bonds is 4. The zero-order chi connectivity index (χ0) is 18.7. The number of halogens is 3. The van der Waals surface area contributed by atoms with Gasteiger partial charge in [0.05, 0.1) is 18.8 Å². The van der Waals surface area contributed by atoms with Crippen LogP contribution >= 0.6 is 11.3 Å². The molecule has 6 nitrogen and oxygen atoms in total. The molecular weight excluding hydrogens is 369 g/mol. The molecule has 10 heteroatoms. The zero-order valence-electron chi connectivity index (χ0n) is 13.7. The highest BCUT2D eigenvalue weighted by molar-refractivity contribution is 7.19. The molecule has 0 unspecified atom stereocenters. The van der Waals surface area contributed by atoms with Gasteiger partial charge in [-0.25, -0.2) is 4.98 Å². The Balaban J connectivity index is 1.70. The summed E-state index contributed by atoms with van der Waals surface area (Å²) in [6.07, 6.45) is -4.48. The number of amides is 1. The van der Waals surface area contributed by atoms with Crippen LogP contribution < -0.4 is 16.0 Å². The van der Waals surface area contributed by atoms with Crippen molar-refractivity contribution in [3.8, 4) is 0 Å². The summed E-state index contributed by atoms with van der Waals surface area (Å²) in [7, 11) is 0. The average molecular weight is 386 g/mol. The maximum Gasteiger partial charge on any atom is 0.416 e. The molecule has 1 aromatic carbocycles. The Kier molecular flexibility index (Phi) is 5.33. The van der Waals surface area contributed by atoms with Gasteiger partial charge < -0.3 is 20.7 Å². The van der Waals surface area contributed by atoms with Crippen LogP contribution in [0.25, 0.3) is 0 Å². The maximum atomic E-state index is 13.0. The van der Waals surface area contributed by atoms with Crippen LogP contribution in [0.5, 0.6) is 0 Å². The summed E-state index contributed by atoms with van der Waals surface area (Å²) in [5.74, 6) is -0.602. The van der Waals surface area contributed by atoms with E-state index >= 15 is 0 Å². The van der Waals surface area contributed by atoms with Crippen molar-refractivity contribution >= 4 is 27.4 Å². The number of nitrogen functional groups attached to an aromatic ring is 1. The lowest BCUT2D eigenvalue weighted by Crippen LogP contribution is -2.36. The number of carbonyl (C=O) groups is 1. The summed E-state index contributed by atoms with van der Waals surface area (Å²) in [5.41, 5.74) is 5.11. The molecule has 1 amide bonds. The maximum absolute atomic E-state index is 13.0. The van der Waals surface area contributed by atoms with Crippen molar-refractivity contribution in [1.82, 2.24) is 10.3 Å². The molecule has 0 radical (unpaired) electrons. The summed E-state index contributed by atoms with van der Waals surface area (Å²) < 4.78 is 44.3. The van der Waals surface area contributed by atoms with Gasteiger partial charge in [-0.1, -0.05) is 29.5 Å². The number of ether oxygens (including phenoxy) is 1. The van der Waals surface area contributed by atoms with E-state index in [0.29, 0.717) is 31.4 Å². The monoisotopic (exact) mass is 386 g/mol. The first-order valence-corrected chi connectivity index (χ1v) is 8.70. The van der Waals surface area contributed by atoms with Crippen LogP contribution in [0.15, 0.2) is 24.3 Å². The second-order valence-electron chi connectivity index (χ2n) is 5.65. The fraction of sp³-hybridized carbons (Fsp3) is 0.375. The Morgan fingerprint density at radius 1 is 1.31 bits per heavy atom. The van der Waals surface area contributed by atoms with Gasteiger partial charge in [-0.05, 0) is 11.6 Å². The van der Waals surface area contributed by atoms with Crippen molar-refractivity contribution in [3.63, 3.8) is 0 Å². The average Bonchev–Trinajstić information content (AvgIpc) is 3.02. The number of nitrogens with one attached hydrogen (secondary N) is 1. The molecule has 3 N–H and O–H groups in total. The number of thiazole rings is 1. The Bertz CT molecular complexity index is 788. The lowest BCUT2D eigenvalue weighted by atomic mass is 10.1. The van der Waals surface area contributed by atoms with Crippen LogP contribution in [0.4, 0.5) is 23.3 Å². The van der Waals surface area contributed by atoms with Crippen LogP contribution in [0, 0.1) is 0 Å². The van der Waals surface area contributed by atoms with Gasteiger partial charge in [0.2, 0.25) is 0 Å². The number of anilines is 2. The Morgan fingerprint density at radius 2 is 2.00 bits per heavy atom. The van der Waals surface area contributed by atoms with Crippen LogP contribution in [-0.4, -0.2) is 37.2 Å². The second-order valence-corrected chi connectivity index (χ2v) is 6.66. The third-order valence-electron chi connectivity index (χ3n) is 3.90. The van der Waals surface area contributed by atoms with Gasteiger partial charge in [0.25, 0.3) is 5.91 Å². The topological polar surface area (TPSA) is 80.5 Å². The largest absolute Gasteiger partial charge is 0.416 e. The first-order valence-electron chi connectivity index (χ1n) is 7.88. The van der Waals surface area contributed by atoms with Crippen LogP contribution in [-0.2, 0) is 17.5 Å². The fourth-order valence-corrected chi connectivity index (χ4v) is 3.46. The first-order chi connectivity index (χ1) is 12.4. The Labute approximate surface area is 151 Å². The van der Waals surface area contributed by atoms with Crippen LogP contribution in [0.1, 0.15) is 21.6 Å². The molecule has 0 saturated carbocycles. The van der Waals surface area contributed by atoms with E-state index in [4.69, 9.17) is 10.5 Å². The summed E-state index contributed by atoms with van der Waals surface area (Å²) in [5, 5.41) is 3.30. The predicted molar refractivity (Wildman–Crippen MR) is 92.2 cm³/mol. The highest BCUT2D eigenvalue weighted by Gasteiger charge is 2.33. The van der Waals surface area contributed by atoms with E-state index in [2.05, 4.69) is 10.3 Å². The van der Waals surface area contributed by atoms with Crippen LogP contribution in [0.3, 0.4) is 0 Å². The normalized spacial score (nSPS) is 15.1. The zero-order valence-corrected chi connectivity index (χ0v) is 14.5. The molecule has 140 valence electrons. The smallest absolute Gasteiger partial charge is 0.389 e. The third-order valence-corrected chi connectivity index (χ3v) is 4.85. The number of morpholine rings is 1. The molecule has 2 aromatic rings. The van der Waals surface area contributed by atoms with Crippen molar-refractivity contribution in [2.75, 3.05) is 36.9 Å². The molecule has 0 atom stereocenters. The molecule has 0 spiro atoms. The summed E-state index contributed by atoms with van der Waals surface area (Å²) in [4.78, 5) is 18.5. The van der Waals surface area contributed by atoms with E-state index in [1.54, 1.807) is 0 Å². The lowest BCUT2D eigenvalue weighted by Gasteiger charge is -2.25. The molecule has 26 heavy (non-hydrogen) atoms. The molecule has 1 aromatic heterocycles. The number of hydrogen-bond donors (Lipinski definition) is 2. The Hall–Kier alpha value is -2.33. The molecule has 1 saturated heterocycles. The SMILES string of the molecule is Nc1sc(N2CCOCC2)nc1C(=O)NCc1ccccc1C(F)(F)F. The molecule has 2 heterocycles. The van der Waals surface area contributed by atoms with Crippen molar-refractivity contribution in [1.29, 1.82) is 0 Å². The number of nitrogens with two attached hydrogens (primary N) is 1. The van der Waals surface area contributed by atoms with Crippen molar-refractivity contribution in [2.45, 2.75) is 12.7 Å². The minimum absolute atomic E-state index is 0.0180. The number of alkyl halides is 3. The summed E-state index contributed by atoms with van der Waals surface area (Å²) in [6, 6.07) is 5.10. The molecule has 1 fully saturated rings. The molecular formula is C16H17F3N4O2S.